The Morgan fingerprint density at radius 2 is 2.05 bits per heavy atom. The highest BCUT2D eigenvalue weighted by molar-refractivity contribution is 7.11. The van der Waals surface area contributed by atoms with E-state index in [0.29, 0.717) is 19.5 Å². The van der Waals surface area contributed by atoms with Crippen LogP contribution < -0.4 is 16.0 Å². The van der Waals surface area contributed by atoms with Crippen molar-refractivity contribution in [1.82, 2.24) is 20.9 Å². The van der Waals surface area contributed by atoms with Crippen LogP contribution in [-0.2, 0) is 17.8 Å². The van der Waals surface area contributed by atoms with Gasteiger partial charge < -0.3 is 16.0 Å². The number of aryl methyl sites for hydroxylation is 1. The van der Waals surface area contributed by atoms with Gasteiger partial charge in [0.2, 0.25) is 5.91 Å². The Hall–Kier alpha value is -1.63. The van der Waals surface area contributed by atoms with E-state index < -0.39 is 0 Å². The molecule has 0 fully saturated rings. The van der Waals surface area contributed by atoms with Gasteiger partial charge in [0.25, 0.3) is 0 Å². The van der Waals surface area contributed by atoms with E-state index in [1.54, 1.807) is 11.3 Å². The van der Waals surface area contributed by atoms with Crippen LogP contribution in [0.3, 0.4) is 0 Å². The Labute approximate surface area is 136 Å². The molecule has 6 nitrogen and oxygen atoms in total. The number of carbonyl (C=O) groups is 1. The SMILES string of the molecule is CCCNC(=O)CCNC(=NCc1ncc(CC)s1)NCC. The topological polar surface area (TPSA) is 78.4 Å². The fourth-order valence-electron chi connectivity index (χ4n) is 1.72. The Morgan fingerprint density at radius 1 is 1.23 bits per heavy atom. The molecule has 22 heavy (non-hydrogen) atoms. The number of carbonyl (C=O) groups excluding carboxylic acids is 1. The van der Waals surface area contributed by atoms with Gasteiger partial charge in [-0.1, -0.05) is 13.8 Å². The predicted molar refractivity (Wildman–Crippen MR) is 92.2 cm³/mol. The number of nitrogens with one attached hydrogen (secondary N) is 3. The molecule has 0 aliphatic heterocycles. The van der Waals surface area contributed by atoms with Crippen molar-refractivity contribution in [2.24, 2.45) is 4.99 Å². The van der Waals surface area contributed by atoms with E-state index in [9.17, 15) is 4.79 Å². The second-order valence-corrected chi connectivity index (χ2v) is 6.00. The monoisotopic (exact) mass is 325 g/mol. The van der Waals surface area contributed by atoms with Crippen LogP contribution in [0.25, 0.3) is 0 Å². The van der Waals surface area contributed by atoms with E-state index in [4.69, 9.17) is 0 Å². The van der Waals surface area contributed by atoms with Gasteiger partial charge in [0, 0.05) is 37.1 Å². The van der Waals surface area contributed by atoms with Gasteiger partial charge in [0.1, 0.15) is 5.01 Å². The van der Waals surface area contributed by atoms with E-state index in [1.165, 1.54) is 4.88 Å². The smallest absolute Gasteiger partial charge is 0.221 e. The molecule has 0 bridgehead atoms. The van der Waals surface area contributed by atoms with Gasteiger partial charge in [-0.2, -0.15) is 0 Å². The first-order chi connectivity index (χ1) is 10.7. The number of amides is 1. The number of hydrogen-bond acceptors (Lipinski definition) is 4. The van der Waals surface area contributed by atoms with Crippen LogP contribution in [0.1, 0.15) is 43.5 Å². The molecule has 1 heterocycles. The minimum atomic E-state index is 0.0673. The van der Waals surface area contributed by atoms with Gasteiger partial charge in [0.15, 0.2) is 5.96 Å². The number of guanidine groups is 1. The van der Waals surface area contributed by atoms with Gasteiger partial charge >= 0.3 is 0 Å². The van der Waals surface area contributed by atoms with Gasteiger partial charge in [-0.3, -0.25) is 4.79 Å². The molecule has 0 aromatic carbocycles. The largest absolute Gasteiger partial charge is 0.357 e. The summed E-state index contributed by atoms with van der Waals surface area (Å²) < 4.78 is 0. The molecule has 0 saturated carbocycles. The minimum Gasteiger partial charge on any atom is -0.357 e. The summed E-state index contributed by atoms with van der Waals surface area (Å²) >= 11 is 1.69. The lowest BCUT2D eigenvalue weighted by molar-refractivity contribution is -0.120. The molecule has 124 valence electrons. The van der Waals surface area contributed by atoms with E-state index >= 15 is 0 Å². The number of rotatable bonds is 9. The fourth-order valence-corrected chi connectivity index (χ4v) is 2.51. The van der Waals surface area contributed by atoms with E-state index in [1.807, 2.05) is 20.0 Å². The number of nitrogens with zero attached hydrogens (tertiary/aromatic N) is 2. The standard InChI is InChI=1S/C15H27N5OS/c1-4-8-17-13(21)7-9-18-15(16-6-3)20-11-14-19-10-12(5-2)22-14/h10H,4-9,11H2,1-3H3,(H,17,21)(H2,16,18,20). The summed E-state index contributed by atoms with van der Waals surface area (Å²) in [7, 11) is 0. The van der Waals surface area contributed by atoms with Crippen molar-refractivity contribution < 1.29 is 4.79 Å². The van der Waals surface area contributed by atoms with E-state index in [2.05, 4.69) is 32.9 Å². The lowest BCUT2D eigenvalue weighted by Gasteiger charge is -2.10. The first-order valence-corrected chi connectivity index (χ1v) is 8.73. The Bertz CT molecular complexity index is 472. The lowest BCUT2D eigenvalue weighted by Crippen LogP contribution is -2.39. The van der Waals surface area contributed by atoms with Crippen molar-refractivity contribution in [3.8, 4) is 0 Å². The molecule has 7 heteroatoms. The number of aliphatic imine (C=N–C) groups is 1. The second kappa shape index (κ2) is 11.0. The summed E-state index contributed by atoms with van der Waals surface area (Å²) in [6.45, 7) is 8.82. The van der Waals surface area contributed by atoms with Crippen molar-refractivity contribution in [3.05, 3.63) is 16.1 Å². The van der Waals surface area contributed by atoms with Crippen LogP contribution in [0, 0.1) is 0 Å². The summed E-state index contributed by atoms with van der Waals surface area (Å²) in [5, 5.41) is 10.2. The van der Waals surface area contributed by atoms with Gasteiger partial charge in [0.05, 0.1) is 6.54 Å². The Balaban J connectivity index is 2.39. The molecule has 0 spiro atoms. The first-order valence-electron chi connectivity index (χ1n) is 7.92. The van der Waals surface area contributed by atoms with E-state index in [-0.39, 0.29) is 5.91 Å². The molecule has 1 amide bonds. The maximum absolute atomic E-state index is 11.5. The molecule has 1 rings (SSSR count). The van der Waals surface area contributed by atoms with Crippen LogP contribution in [0.5, 0.6) is 0 Å². The average molecular weight is 325 g/mol. The number of aromatic nitrogens is 1. The van der Waals surface area contributed by atoms with Crippen molar-refractivity contribution in [1.29, 1.82) is 0 Å². The third kappa shape index (κ3) is 7.40. The minimum absolute atomic E-state index is 0.0673. The summed E-state index contributed by atoms with van der Waals surface area (Å²) in [6.07, 6.45) is 4.32. The van der Waals surface area contributed by atoms with Crippen LogP contribution in [0.2, 0.25) is 0 Å². The van der Waals surface area contributed by atoms with Crippen molar-refractivity contribution >= 4 is 23.2 Å². The molecule has 3 N–H and O–H groups in total. The Morgan fingerprint density at radius 3 is 2.68 bits per heavy atom. The zero-order valence-corrected chi connectivity index (χ0v) is 14.6. The maximum Gasteiger partial charge on any atom is 0.221 e. The van der Waals surface area contributed by atoms with Gasteiger partial charge in [-0.05, 0) is 19.8 Å². The fraction of sp³-hybridized carbons (Fsp3) is 0.667. The molecule has 0 aliphatic rings. The molecule has 0 aliphatic carbocycles. The molecule has 0 radical (unpaired) electrons. The van der Waals surface area contributed by atoms with Crippen molar-refractivity contribution in [2.75, 3.05) is 19.6 Å². The van der Waals surface area contributed by atoms with E-state index in [0.717, 1.165) is 36.9 Å². The second-order valence-electron chi connectivity index (χ2n) is 4.80. The highest BCUT2D eigenvalue weighted by Gasteiger charge is 2.03. The summed E-state index contributed by atoms with van der Waals surface area (Å²) in [5.41, 5.74) is 0. The van der Waals surface area contributed by atoms with Gasteiger partial charge in [-0.25, -0.2) is 9.98 Å². The number of thiazole rings is 1. The third-order valence-electron chi connectivity index (χ3n) is 2.88. The quantitative estimate of drug-likeness (QED) is 0.477. The summed E-state index contributed by atoms with van der Waals surface area (Å²) in [4.78, 5) is 21.7. The van der Waals surface area contributed by atoms with Crippen LogP contribution >= 0.6 is 11.3 Å². The van der Waals surface area contributed by atoms with Crippen LogP contribution in [0.4, 0.5) is 0 Å². The summed E-state index contributed by atoms with van der Waals surface area (Å²) in [5.74, 6) is 0.789. The van der Waals surface area contributed by atoms with Crippen molar-refractivity contribution in [2.45, 2.75) is 46.6 Å². The highest BCUT2D eigenvalue weighted by Crippen LogP contribution is 2.13. The third-order valence-corrected chi connectivity index (χ3v) is 4.01. The zero-order valence-electron chi connectivity index (χ0n) is 13.7. The molecular formula is C15H27N5OS. The molecule has 1 aromatic rings. The summed E-state index contributed by atoms with van der Waals surface area (Å²) in [6, 6.07) is 0. The molecule has 0 atom stereocenters. The molecule has 1 aromatic heterocycles. The highest BCUT2D eigenvalue weighted by atomic mass is 32.1. The molecule has 0 unspecified atom stereocenters. The molecular weight excluding hydrogens is 298 g/mol. The maximum atomic E-state index is 11.5. The van der Waals surface area contributed by atoms with Crippen LogP contribution in [0.15, 0.2) is 11.2 Å². The van der Waals surface area contributed by atoms with Crippen LogP contribution in [-0.4, -0.2) is 36.5 Å². The van der Waals surface area contributed by atoms with Gasteiger partial charge in [-0.15, -0.1) is 11.3 Å². The Kier molecular flexibility index (Phi) is 9.21. The first kappa shape index (κ1) is 18.4. The number of hydrogen-bond donors (Lipinski definition) is 3. The predicted octanol–water partition coefficient (Wildman–Crippen LogP) is 1.68. The van der Waals surface area contributed by atoms with Crippen molar-refractivity contribution in [3.63, 3.8) is 0 Å². The molecule has 0 saturated heterocycles. The average Bonchev–Trinajstić information content (AvgIpc) is 2.98. The normalized spacial score (nSPS) is 11.3. The zero-order chi connectivity index (χ0) is 16.2. The lowest BCUT2D eigenvalue weighted by atomic mass is 10.4.